The Morgan fingerprint density at radius 2 is 2.42 bits per heavy atom. The summed E-state index contributed by atoms with van der Waals surface area (Å²) in [6.07, 6.45) is 3.12. The summed E-state index contributed by atoms with van der Waals surface area (Å²) < 4.78 is 5.72. The van der Waals surface area contributed by atoms with Crippen LogP contribution >= 0.6 is 0 Å². The van der Waals surface area contributed by atoms with Crippen molar-refractivity contribution in [3.05, 3.63) is 24.5 Å². The molecule has 1 atom stereocenters. The van der Waals surface area contributed by atoms with E-state index in [1.165, 1.54) is 5.69 Å². The van der Waals surface area contributed by atoms with E-state index >= 15 is 0 Å². The summed E-state index contributed by atoms with van der Waals surface area (Å²) >= 11 is 0. The van der Waals surface area contributed by atoms with Gasteiger partial charge in [0.1, 0.15) is 0 Å². The fraction of sp³-hybridized carbons (Fsp3) is 0.500. The van der Waals surface area contributed by atoms with E-state index in [4.69, 9.17) is 4.74 Å². The number of benzene rings is 1. The summed E-state index contributed by atoms with van der Waals surface area (Å²) in [5.41, 5.74) is 3.30. The van der Waals surface area contributed by atoms with Crippen LogP contribution in [-0.2, 0) is 4.74 Å². The number of rotatable bonds is 4. The molecule has 19 heavy (non-hydrogen) atoms. The average Bonchev–Trinajstić information content (AvgIpc) is 2.93. The molecule has 0 bridgehead atoms. The highest BCUT2D eigenvalue weighted by molar-refractivity contribution is 5.78. The van der Waals surface area contributed by atoms with Crippen molar-refractivity contribution in [2.75, 3.05) is 38.2 Å². The van der Waals surface area contributed by atoms with Crippen molar-refractivity contribution in [2.24, 2.45) is 0 Å². The maximum atomic E-state index is 5.72. The maximum absolute atomic E-state index is 5.72. The van der Waals surface area contributed by atoms with Crippen LogP contribution in [0.25, 0.3) is 11.0 Å². The van der Waals surface area contributed by atoms with E-state index in [1.807, 2.05) is 0 Å². The number of hydrogen-bond acceptors (Lipinski definition) is 4. The monoisotopic (exact) mass is 260 g/mol. The summed E-state index contributed by atoms with van der Waals surface area (Å²) in [6.45, 7) is 3.76. The van der Waals surface area contributed by atoms with E-state index in [9.17, 15) is 0 Å². The lowest BCUT2D eigenvalue weighted by atomic mass is 10.2. The van der Waals surface area contributed by atoms with Crippen LogP contribution in [0.15, 0.2) is 24.5 Å². The quantitative estimate of drug-likeness (QED) is 0.872. The van der Waals surface area contributed by atoms with Crippen LogP contribution in [-0.4, -0.2) is 49.4 Å². The minimum Gasteiger partial charge on any atom is -0.376 e. The molecular formula is C14H20N4O. The van der Waals surface area contributed by atoms with Crippen molar-refractivity contribution in [3.8, 4) is 0 Å². The molecule has 1 saturated heterocycles. The van der Waals surface area contributed by atoms with Gasteiger partial charge in [-0.25, -0.2) is 4.98 Å². The maximum Gasteiger partial charge on any atom is 0.0931 e. The number of fused-ring (bicyclic) bond motifs is 1. The van der Waals surface area contributed by atoms with Crippen LogP contribution in [0.3, 0.4) is 0 Å². The first-order valence-corrected chi connectivity index (χ1v) is 6.79. The van der Waals surface area contributed by atoms with Gasteiger partial charge in [-0.05, 0) is 24.6 Å². The molecule has 1 aliphatic heterocycles. The highest BCUT2D eigenvalue weighted by Gasteiger charge is 2.14. The Kier molecular flexibility index (Phi) is 3.66. The van der Waals surface area contributed by atoms with Crippen molar-refractivity contribution < 1.29 is 4.74 Å². The van der Waals surface area contributed by atoms with Gasteiger partial charge in [-0.3, -0.25) is 0 Å². The van der Waals surface area contributed by atoms with Crippen LogP contribution in [0, 0.1) is 0 Å². The first-order valence-electron chi connectivity index (χ1n) is 6.79. The van der Waals surface area contributed by atoms with Gasteiger partial charge in [0, 0.05) is 32.4 Å². The second kappa shape index (κ2) is 5.59. The highest BCUT2D eigenvalue weighted by Crippen LogP contribution is 2.19. The SMILES string of the molecule is CN(CCC1CNCCO1)c1ccc2nc[nH]c2c1. The van der Waals surface area contributed by atoms with E-state index in [0.717, 1.165) is 43.7 Å². The number of morpholine rings is 1. The summed E-state index contributed by atoms with van der Waals surface area (Å²) in [7, 11) is 2.12. The second-order valence-electron chi connectivity index (χ2n) is 5.01. The lowest BCUT2D eigenvalue weighted by Crippen LogP contribution is -2.40. The van der Waals surface area contributed by atoms with Crippen LogP contribution in [0.2, 0.25) is 0 Å². The number of hydrogen-bond donors (Lipinski definition) is 2. The number of H-pyrrole nitrogens is 1. The molecule has 0 spiro atoms. The molecule has 2 heterocycles. The van der Waals surface area contributed by atoms with Gasteiger partial charge < -0.3 is 19.9 Å². The number of imidazole rings is 1. The Morgan fingerprint density at radius 1 is 1.47 bits per heavy atom. The number of aromatic amines is 1. The molecule has 1 aliphatic rings. The summed E-state index contributed by atoms with van der Waals surface area (Å²) in [4.78, 5) is 9.65. The van der Waals surface area contributed by atoms with Crippen molar-refractivity contribution in [3.63, 3.8) is 0 Å². The molecule has 5 nitrogen and oxygen atoms in total. The average molecular weight is 260 g/mol. The molecule has 102 valence electrons. The van der Waals surface area contributed by atoms with Gasteiger partial charge in [-0.2, -0.15) is 0 Å². The number of anilines is 1. The predicted molar refractivity (Wildman–Crippen MR) is 76.6 cm³/mol. The molecule has 1 aromatic heterocycles. The van der Waals surface area contributed by atoms with Gasteiger partial charge in [0.25, 0.3) is 0 Å². The van der Waals surface area contributed by atoms with E-state index in [2.05, 4.69) is 45.4 Å². The third kappa shape index (κ3) is 2.88. The largest absolute Gasteiger partial charge is 0.376 e. The predicted octanol–water partition coefficient (Wildman–Crippen LogP) is 1.38. The molecular weight excluding hydrogens is 240 g/mol. The summed E-state index contributed by atoms with van der Waals surface area (Å²) in [6, 6.07) is 6.31. The van der Waals surface area contributed by atoms with Gasteiger partial charge in [-0.15, -0.1) is 0 Å². The van der Waals surface area contributed by atoms with E-state index < -0.39 is 0 Å². The molecule has 0 radical (unpaired) electrons. The molecule has 1 fully saturated rings. The standard InChI is InChI=1S/C14H20N4O/c1-18(6-4-12-9-15-5-7-19-12)11-2-3-13-14(8-11)17-10-16-13/h2-3,8,10,12,15H,4-7,9H2,1H3,(H,16,17). The molecule has 0 amide bonds. The van der Waals surface area contributed by atoms with Crippen molar-refractivity contribution in [1.82, 2.24) is 15.3 Å². The molecule has 2 aromatic rings. The summed E-state index contributed by atoms with van der Waals surface area (Å²) in [5.74, 6) is 0. The van der Waals surface area contributed by atoms with E-state index in [1.54, 1.807) is 6.33 Å². The molecule has 0 saturated carbocycles. The topological polar surface area (TPSA) is 53.2 Å². The highest BCUT2D eigenvalue weighted by atomic mass is 16.5. The molecule has 1 aromatic carbocycles. The Balaban J connectivity index is 1.60. The van der Waals surface area contributed by atoms with Gasteiger partial charge >= 0.3 is 0 Å². The number of aromatic nitrogens is 2. The molecule has 0 aliphatic carbocycles. The zero-order valence-corrected chi connectivity index (χ0v) is 11.2. The Labute approximate surface area is 113 Å². The van der Waals surface area contributed by atoms with Crippen molar-refractivity contribution >= 4 is 16.7 Å². The minimum atomic E-state index is 0.340. The number of ether oxygens (including phenoxy) is 1. The van der Waals surface area contributed by atoms with Gasteiger partial charge in [0.05, 0.1) is 30.1 Å². The van der Waals surface area contributed by atoms with E-state index in [0.29, 0.717) is 6.10 Å². The lowest BCUT2D eigenvalue weighted by molar-refractivity contribution is 0.0250. The van der Waals surface area contributed by atoms with Gasteiger partial charge in [0.2, 0.25) is 0 Å². The number of nitrogens with zero attached hydrogens (tertiary/aromatic N) is 2. The van der Waals surface area contributed by atoms with E-state index in [-0.39, 0.29) is 0 Å². The third-order valence-corrected chi connectivity index (χ3v) is 3.64. The van der Waals surface area contributed by atoms with Gasteiger partial charge in [-0.1, -0.05) is 0 Å². The zero-order chi connectivity index (χ0) is 13.1. The zero-order valence-electron chi connectivity index (χ0n) is 11.2. The van der Waals surface area contributed by atoms with Gasteiger partial charge in [0.15, 0.2) is 0 Å². The lowest BCUT2D eigenvalue weighted by Gasteiger charge is -2.26. The molecule has 1 unspecified atom stereocenters. The third-order valence-electron chi connectivity index (χ3n) is 3.64. The second-order valence-corrected chi connectivity index (χ2v) is 5.01. The normalized spacial score (nSPS) is 19.7. The van der Waals surface area contributed by atoms with Crippen LogP contribution in [0.4, 0.5) is 5.69 Å². The smallest absolute Gasteiger partial charge is 0.0931 e. The molecule has 5 heteroatoms. The van der Waals surface area contributed by atoms with Crippen molar-refractivity contribution in [1.29, 1.82) is 0 Å². The fourth-order valence-electron chi connectivity index (χ4n) is 2.43. The molecule has 3 rings (SSSR count). The molecule has 2 N–H and O–H groups in total. The minimum absolute atomic E-state index is 0.340. The fourth-order valence-corrected chi connectivity index (χ4v) is 2.43. The van der Waals surface area contributed by atoms with Crippen LogP contribution in [0.1, 0.15) is 6.42 Å². The summed E-state index contributed by atoms with van der Waals surface area (Å²) in [5, 5.41) is 3.36. The Bertz CT molecular complexity index is 533. The van der Waals surface area contributed by atoms with Crippen LogP contribution < -0.4 is 10.2 Å². The Hall–Kier alpha value is -1.59. The van der Waals surface area contributed by atoms with Crippen LogP contribution in [0.5, 0.6) is 0 Å². The Morgan fingerprint density at radius 3 is 3.26 bits per heavy atom. The van der Waals surface area contributed by atoms with Crippen molar-refractivity contribution in [2.45, 2.75) is 12.5 Å². The number of nitrogens with one attached hydrogen (secondary N) is 2. The first kappa shape index (κ1) is 12.4. The first-order chi connectivity index (χ1) is 9.33.